The van der Waals surface area contributed by atoms with Gasteiger partial charge in [-0.2, -0.15) is 0 Å². The first-order valence-corrected chi connectivity index (χ1v) is 8.73. The zero-order valence-electron chi connectivity index (χ0n) is 13.8. The predicted molar refractivity (Wildman–Crippen MR) is 90.7 cm³/mol. The molecule has 2 aliphatic heterocycles. The minimum atomic E-state index is -0.731. The van der Waals surface area contributed by atoms with E-state index in [2.05, 4.69) is 17.0 Å². The number of aliphatic hydroxyl groups is 1. The zero-order chi connectivity index (χ0) is 16.3. The van der Waals surface area contributed by atoms with Crippen molar-refractivity contribution in [2.75, 3.05) is 33.4 Å². The van der Waals surface area contributed by atoms with Crippen molar-refractivity contribution in [1.29, 1.82) is 0 Å². The molecule has 4 nitrogen and oxygen atoms in total. The van der Waals surface area contributed by atoms with Gasteiger partial charge in [0.1, 0.15) is 0 Å². The van der Waals surface area contributed by atoms with Gasteiger partial charge < -0.3 is 14.6 Å². The third-order valence-corrected chi connectivity index (χ3v) is 5.38. The normalized spacial score (nSPS) is 28.1. The maximum Gasteiger partial charge on any atom is 0.0929 e. The van der Waals surface area contributed by atoms with Crippen molar-refractivity contribution < 1.29 is 14.6 Å². The Balaban J connectivity index is 1.56. The molecule has 3 rings (SSSR count). The second-order valence-electron chi connectivity index (χ2n) is 7.02. The fourth-order valence-electron chi connectivity index (χ4n) is 3.88. The monoisotopic (exact) mass is 339 g/mol. The van der Waals surface area contributed by atoms with Crippen LogP contribution >= 0.6 is 11.6 Å². The van der Waals surface area contributed by atoms with Gasteiger partial charge in [0.25, 0.3) is 0 Å². The SMILES string of the molecule is COCC1(O)CCOC2(CCN(Cc3ccc(Cl)cc3)CC2)C1. The van der Waals surface area contributed by atoms with Crippen LogP contribution in [0.15, 0.2) is 24.3 Å². The highest BCUT2D eigenvalue weighted by atomic mass is 35.5. The summed E-state index contributed by atoms with van der Waals surface area (Å²) in [5, 5.41) is 11.5. The van der Waals surface area contributed by atoms with E-state index in [-0.39, 0.29) is 5.60 Å². The van der Waals surface area contributed by atoms with E-state index < -0.39 is 5.60 Å². The molecule has 1 atom stereocenters. The highest BCUT2D eigenvalue weighted by Gasteiger charge is 2.46. The van der Waals surface area contributed by atoms with Gasteiger partial charge in [-0.25, -0.2) is 0 Å². The Kier molecular flexibility index (Phi) is 5.29. The van der Waals surface area contributed by atoms with E-state index >= 15 is 0 Å². The highest BCUT2D eigenvalue weighted by molar-refractivity contribution is 6.30. The Morgan fingerprint density at radius 3 is 2.57 bits per heavy atom. The number of piperidine rings is 1. The Morgan fingerprint density at radius 2 is 1.91 bits per heavy atom. The van der Waals surface area contributed by atoms with Crippen LogP contribution in [0.3, 0.4) is 0 Å². The van der Waals surface area contributed by atoms with Crippen LogP contribution in [-0.4, -0.2) is 54.6 Å². The molecule has 1 unspecified atom stereocenters. The fraction of sp³-hybridized carbons (Fsp3) is 0.667. The van der Waals surface area contributed by atoms with Crippen LogP contribution in [0.25, 0.3) is 0 Å². The molecule has 1 aromatic carbocycles. The number of benzene rings is 1. The number of halogens is 1. The second kappa shape index (κ2) is 7.08. The lowest BCUT2D eigenvalue weighted by atomic mass is 9.77. The van der Waals surface area contributed by atoms with Gasteiger partial charge in [-0.05, 0) is 30.5 Å². The largest absolute Gasteiger partial charge is 0.387 e. The smallest absolute Gasteiger partial charge is 0.0929 e. The summed E-state index contributed by atoms with van der Waals surface area (Å²) in [6.45, 7) is 3.94. The van der Waals surface area contributed by atoms with Gasteiger partial charge in [0, 0.05) is 44.6 Å². The standard InChI is InChI=1S/C18H26ClNO3/c1-22-14-17(21)8-11-23-18(13-17)6-9-20(10-7-18)12-15-2-4-16(19)5-3-15/h2-5,21H,6-14H2,1H3. The molecular formula is C18H26ClNO3. The summed E-state index contributed by atoms with van der Waals surface area (Å²) in [5.74, 6) is 0. The van der Waals surface area contributed by atoms with Crippen molar-refractivity contribution in [3.05, 3.63) is 34.9 Å². The Morgan fingerprint density at radius 1 is 1.22 bits per heavy atom. The van der Waals surface area contributed by atoms with E-state index in [0.29, 0.717) is 26.1 Å². The van der Waals surface area contributed by atoms with Crippen LogP contribution in [-0.2, 0) is 16.0 Å². The summed E-state index contributed by atoms with van der Waals surface area (Å²) in [4.78, 5) is 2.45. The molecule has 1 N–H and O–H groups in total. The number of rotatable bonds is 4. The summed E-state index contributed by atoms with van der Waals surface area (Å²) in [5.41, 5.74) is 0.374. The van der Waals surface area contributed by atoms with Crippen molar-refractivity contribution >= 4 is 11.6 Å². The van der Waals surface area contributed by atoms with Crippen molar-refractivity contribution in [3.63, 3.8) is 0 Å². The summed E-state index contributed by atoms with van der Waals surface area (Å²) in [6.07, 6.45) is 3.28. The summed E-state index contributed by atoms with van der Waals surface area (Å²) in [7, 11) is 1.65. The van der Waals surface area contributed by atoms with Crippen molar-refractivity contribution in [1.82, 2.24) is 4.90 Å². The molecule has 2 heterocycles. The molecule has 1 aromatic rings. The number of ether oxygens (including phenoxy) is 2. The Hall–Kier alpha value is -0.650. The molecule has 23 heavy (non-hydrogen) atoms. The molecule has 2 aliphatic rings. The lowest BCUT2D eigenvalue weighted by Crippen LogP contribution is -2.55. The molecule has 0 saturated carbocycles. The second-order valence-corrected chi connectivity index (χ2v) is 7.45. The average molecular weight is 340 g/mol. The number of likely N-dealkylation sites (tertiary alicyclic amines) is 1. The van der Waals surface area contributed by atoms with E-state index in [4.69, 9.17) is 21.1 Å². The maximum atomic E-state index is 10.7. The molecule has 1 spiro atoms. The van der Waals surface area contributed by atoms with Crippen LogP contribution in [0.1, 0.15) is 31.2 Å². The summed E-state index contributed by atoms with van der Waals surface area (Å²) in [6, 6.07) is 8.05. The van der Waals surface area contributed by atoms with Crippen molar-refractivity contribution in [3.8, 4) is 0 Å². The maximum absolute atomic E-state index is 10.7. The van der Waals surface area contributed by atoms with Crippen LogP contribution in [0.5, 0.6) is 0 Å². The third-order valence-electron chi connectivity index (χ3n) is 5.13. The molecule has 128 valence electrons. The number of hydrogen-bond acceptors (Lipinski definition) is 4. The van der Waals surface area contributed by atoms with Crippen LogP contribution < -0.4 is 0 Å². The lowest BCUT2D eigenvalue weighted by Gasteiger charge is -2.49. The molecular weight excluding hydrogens is 314 g/mol. The Bertz CT molecular complexity index is 510. The van der Waals surface area contributed by atoms with Gasteiger partial charge in [0.15, 0.2) is 0 Å². The molecule has 0 bridgehead atoms. The van der Waals surface area contributed by atoms with Gasteiger partial charge in [-0.15, -0.1) is 0 Å². The highest BCUT2D eigenvalue weighted by Crippen LogP contribution is 2.39. The van der Waals surface area contributed by atoms with Gasteiger partial charge >= 0.3 is 0 Å². The molecule has 2 fully saturated rings. The van der Waals surface area contributed by atoms with Crippen molar-refractivity contribution in [2.24, 2.45) is 0 Å². The first-order chi connectivity index (χ1) is 11.0. The van der Waals surface area contributed by atoms with E-state index in [0.717, 1.165) is 37.5 Å². The quantitative estimate of drug-likeness (QED) is 0.916. The van der Waals surface area contributed by atoms with E-state index in [1.807, 2.05) is 12.1 Å². The molecule has 5 heteroatoms. The number of hydrogen-bond donors (Lipinski definition) is 1. The van der Waals surface area contributed by atoms with Gasteiger partial charge in [0.2, 0.25) is 0 Å². The molecule has 0 aromatic heterocycles. The first kappa shape index (κ1) is 17.2. The molecule has 0 amide bonds. The fourth-order valence-corrected chi connectivity index (χ4v) is 4.00. The zero-order valence-corrected chi connectivity index (χ0v) is 14.5. The average Bonchev–Trinajstić information content (AvgIpc) is 2.52. The third kappa shape index (κ3) is 4.25. The lowest BCUT2D eigenvalue weighted by molar-refractivity contribution is -0.191. The van der Waals surface area contributed by atoms with Crippen molar-refractivity contribution in [2.45, 2.75) is 43.4 Å². The van der Waals surface area contributed by atoms with E-state index in [9.17, 15) is 5.11 Å². The minimum absolute atomic E-state index is 0.179. The van der Waals surface area contributed by atoms with Crippen LogP contribution in [0.2, 0.25) is 5.02 Å². The topological polar surface area (TPSA) is 41.9 Å². The number of nitrogens with zero attached hydrogens (tertiary/aromatic N) is 1. The summed E-state index contributed by atoms with van der Waals surface area (Å²) < 4.78 is 11.3. The molecule has 0 radical (unpaired) electrons. The molecule has 0 aliphatic carbocycles. The van der Waals surface area contributed by atoms with Gasteiger partial charge in [-0.3, -0.25) is 4.90 Å². The summed E-state index contributed by atoms with van der Waals surface area (Å²) >= 11 is 5.94. The van der Waals surface area contributed by atoms with Gasteiger partial charge in [0.05, 0.1) is 24.4 Å². The minimum Gasteiger partial charge on any atom is -0.387 e. The number of methoxy groups -OCH3 is 1. The first-order valence-electron chi connectivity index (χ1n) is 8.35. The predicted octanol–water partition coefficient (Wildman–Crippen LogP) is 2.86. The van der Waals surface area contributed by atoms with Crippen LogP contribution in [0.4, 0.5) is 0 Å². The van der Waals surface area contributed by atoms with E-state index in [1.165, 1.54) is 5.56 Å². The molecule has 2 saturated heterocycles. The van der Waals surface area contributed by atoms with Gasteiger partial charge in [-0.1, -0.05) is 23.7 Å². The van der Waals surface area contributed by atoms with Crippen LogP contribution in [0, 0.1) is 0 Å². The van der Waals surface area contributed by atoms with E-state index in [1.54, 1.807) is 7.11 Å². The Labute approximate surface area is 143 Å².